The minimum atomic E-state index is -1.16. The molecule has 5 heteroatoms. The fourth-order valence-electron chi connectivity index (χ4n) is 1.66. The monoisotopic (exact) mass is 216 g/mol. The van der Waals surface area contributed by atoms with Crippen LogP contribution in [-0.2, 0) is 6.54 Å². The van der Waals surface area contributed by atoms with Crippen molar-refractivity contribution in [2.75, 3.05) is 13.1 Å². The summed E-state index contributed by atoms with van der Waals surface area (Å²) in [6, 6.07) is 1.58. The van der Waals surface area contributed by atoms with Crippen molar-refractivity contribution >= 4 is 0 Å². The summed E-state index contributed by atoms with van der Waals surface area (Å²) in [5, 5.41) is 0. The van der Waals surface area contributed by atoms with E-state index >= 15 is 0 Å². The van der Waals surface area contributed by atoms with Crippen LogP contribution in [0.1, 0.15) is 5.56 Å². The molecule has 1 aromatic rings. The predicted molar refractivity (Wildman–Crippen MR) is 49.6 cm³/mol. The highest BCUT2D eigenvalue weighted by Crippen LogP contribution is 2.18. The van der Waals surface area contributed by atoms with Crippen LogP contribution in [-0.4, -0.2) is 24.0 Å². The summed E-state index contributed by atoms with van der Waals surface area (Å²) < 4.78 is 38.6. The lowest BCUT2D eigenvalue weighted by atomic mass is 10.1. The number of hydrogen-bond donors (Lipinski definition) is 1. The Morgan fingerprint density at radius 2 is 1.73 bits per heavy atom. The quantitative estimate of drug-likeness (QED) is 0.754. The maximum Gasteiger partial charge on any atom is 0.161 e. The SMILES string of the molecule is NC1CN(Cc2cc(F)c(F)cc2F)C1. The van der Waals surface area contributed by atoms with Crippen LogP contribution in [0.15, 0.2) is 12.1 Å². The third-order valence-corrected chi connectivity index (χ3v) is 2.47. The zero-order valence-corrected chi connectivity index (χ0v) is 8.01. The molecule has 0 radical (unpaired) electrons. The molecule has 0 spiro atoms. The topological polar surface area (TPSA) is 29.3 Å². The fourth-order valence-corrected chi connectivity index (χ4v) is 1.66. The minimum absolute atomic E-state index is 0.110. The Labute approximate surface area is 85.5 Å². The predicted octanol–water partition coefficient (Wildman–Crippen LogP) is 1.25. The van der Waals surface area contributed by atoms with E-state index in [1.54, 1.807) is 0 Å². The molecule has 2 nitrogen and oxygen atoms in total. The molecule has 82 valence electrons. The van der Waals surface area contributed by atoms with Crippen LogP contribution < -0.4 is 5.73 Å². The number of likely N-dealkylation sites (tertiary alicyclic amines) is 1. The molecule has 0 aromatic heterocycles. The van der Waals surface area contributed by atoms with Gasteiger partial charge in [0.25, 0.3) is 0 Å². The standard InChI is InChI=1S/C10H11F3N2/c11-8-2-10(13)9(12)1-6(8)3-15-4-7(14)5-15/h1-2,7H,3-5,14H2. The van der Waals surface area contributed by atoms with Crippen molar-refractivity contribution in [3.8, 4) is 0 Å². The molecule has 1 aliphatic heterocycles. The van der Waals surface area contributed by atoms with E-state index < -0.39 is 17.5 Å². The Morgan fingerprint density at radius 1 is 1.13 bits per heavy atom. The van der Waals surface area contributed by atoms with Gasteiger partial charge in [-0.3, -0.25) is 4.90 Å². The molecule has 1 fully saturated rings. The van der Waals surface area contributed by atoms with E-state index in [1.807, 2.05) is 4.90 Å². The normalized spacial score (nSPS) is 17.9. The molecule has 0 aliphatic carbocycles. The first-order valence-corrected chi connectivity index (χ1v) is 4.67. The smallest absolute Gasteiger partial charge is 0.161 e. The van der Waals surface area contributed by atoms with Crippen molar-refractivity contribution < 1.29 is 13.2 Å². The van der Waals surface area contributed by atoms with Gasteiger partial charge in [0.15, 0.2) is 11.6 Å². The number of rotatable bonds is 2. The molecular weight excluding hydrogens is 205 g/mol. The molecule has 2 N–H and O–H groups in total. The molecule has 2 rings (SSSR count). The molecule has 0 bridgehead atoms. The van der Waals surface area contributed by atoms with Crippen molar-refractivity contribution in [3.63, 3.8) is 0 Å². The first-order chi connectivity index (χ1) is 7.06. The van der Waals surface area contributed by atoms with Gasteiger partial charge in [-0.15, -0.1) is 0 Å². The number of nitrogens with two attached hydrogens (primary N) is 1. The first-order valence-electron chi connectivity index (χ1n) is 4.67. The van der Waals surface area contributed by atoms with Crippen molar-refractivity contribution in [3.05, 3.63) is 35.1 Å². The first kappa shape index (κ1) is 10.4. The van der Waals surface area contributed by atoms with Gasteiger partial charge in [-0.1, -0.05) is 0 Å². The Balaban J connectivity index is 2.11. The Kier molecular flexibility index (Phi) is 2.67. The van der Waals surface area contributed by atoms with Crippen LogP contribution in [0.2, 0.25) is 0 Å². The van der Waals surface area contributed by atoms with Crippen LogP contribution in [0.5, 0.6) is 0 Å². The van der Waals surface area contributed by atoms with Crippen molar-refractivity contribution in [1.29, 1.82) is 0 Å². The summed E-state index contributed by atoms with van der Waals surface area (Å²) in [6.07, 6.45) is 0. The average Bonchev–Trinajstić information content (AvgIpc) is 2.11. The van der Waals surface area contributed by atoms with E-state index in [0.29, 0.717) is 19.2 Å². The second kappa shape index (κ2) is 3.83. The highest BCUT2D eigenvalue weighted by atomic mass is 19.2. The minimum Gasteiger partial charge on any atom is -0.325 e. The Morgan fingerprint density at radius 3 is 2.33 bits per heavy atom. The van der Waals surface area contributed by atoms with Gasteiger partial charge in [-0.2, -0.15) is 0 Å². The van der Waals surface area contributed by atoms with Gasteiger partial charge in [0.2, 0.25) is 0 Å². The highest BCUT2D eigenvalue weighted by molar-refractivity contribution is 5.20. The zero-order valence-electron chi connectivity index (χ0n) is 8.01. The number of nitrogens with zero attached hydrogens (tertiary/aromatic N) is 1. The van der Waals surface area contributed by atoms with E-state index in [-0.39, 0.29) is 18.2 Å². The van der Waals surface area contributed by atoms with E-state index in [9.17, 15) is 13.2 Å². The van der Waals surface area contributed by atoms with Gasteiger partial charge in [-0.05, 0) is 6.07 Å². The van der Waals surface area contributed by atoms with Crippen molar-refractivity contribution in [2.24, 2.45) is 5.73 Å². The third-order valence-electron chi connectivity index (χ3n) is 2.47. The molecule has 1 aromatic carbocycles. The molecule has 0 unspecified atom stereocenters. The number of halogens is 3. The largest absolute Gasteiger partial charge is 0.325 e. The maximum atomic E-state index is 13.2. The van der Waals surface area contributed by atoms with Crippen LogP contribution in [0.4, 0.5) is 13.2 Å². The summed E-state index contributed by atoms with van der Waals surface area (Å²) in [6.45, 7) is 1.60. The summed E-state index contributed by atoms with van der Waals surface area (Å²) in [4.78, 5) is 1.88. The summed E-state index contributed by atoms with van der Waals surface area (Å²) in [5.41, 5.74) is 5.71. The lowest BCUT2D eigenvalue weighted by Crippen LogP contribution is -2.54. The van der Waals surface area contributed by atoms with Crippen LogP contribution in [0.25, 0.3) is 0 Å². The molecule has 0 amide bonds. The molecular formula is C10H11F3N2. The van der Waals surface area contributed by atoms with Crippen LogP contribution in [0, 0.1) is 17.5 Å². The van der Waals surface area contributed by atoms with Gasteiger partial charge in [0, 0.05) is 37.3 Å². The molecule has 1 heterocycles. The van der Waals surface area contributed by atoms with Crippen LogP contribution in [0.3, 0.4) is 0 Å². The number of hydrogen-bond acceptors (Lipinski definition) is 2. The van der Waals surface area contributed by atoms with Gasteiger partial charge >= 0.3 is 0 Å². The van der Waals surface area contributed by atoms with Gasteiger partial charge in [0.05, 0.1) is 0 Å². The van der Waals surface area contributed by atoms with E-state index in [0.717, 1.165) is 6.07 Å². The average molecular weight is 216 g/mol. The summed E-state index contributed by atoms with van der Waals surface area (Å²) in [5.74, 6) is -2.89. The lowest BCUT2D eigenvalue weighted by molar-refractivity contribution is 0.140. The zero-order chi connectivity index (χ0) is 11.0. The maximum absolute atomic E-state index is 13.2. The lowest BCUT2D eigenvalue weighted by Gasteiger charge is -2.36. The van der Waals surface area contributed by atoms with Gasteiger partial charge in [0.1, 0.15) is 5.82 Å². The third kappa shape index (κ3) is 2.13. The van der Waals surface area contributed by atoms with Crippen LogP contribution >= 0.6 is 0 Å². The van der Waals surface area contributed by atoms with E-state index in [1.165, 1.54) is 0 Å². The molecule has 1 saturated heterocycles. The fraction of sp³-hybridized carbons (Fsp3) is 0.400. The van der Waals surface area contributed by atoms with E-state index in [2.05, 4.69) is 0 Å². The second-order valence-electron chi connectivity index (χ2n) is 3.81. The molecule has 1 aliphatic rings. The van der Waals surface area contributed by atoms with Crippen molar-refractivity contribution in [1.82, 2.24) is 4.90 Å². The van der Waals surface area contributed by atoms with Gasteiger partial charge in [-0.25, -0.2) is 13.2 Å². The highest BCUT2D eigenvalue weighted by Gasteiger charge is 2.24. The molecule has 0 saturated carbocycles. The number of benzene rings is 1. The molecule has 15 heavy (non-hydrogen) atoms. The summed E-state index contributed by atoms with van der Waals surface area (Å²) in [7, 11) is 0. The van der Waals surface area contributed by atoms with Gasteiger partial charge < -0.3 is 5.73 Å². The van der Waals surface area contributed by atoms with E-state index in [4.69, 9.17) is 5.73 Å². The second-order valence-corrected chi connectivity index (χ2v) is 3.81. The van der Waals surface area contributed by atoms with Crippen molar-refractivity contribution in [2.45, 2.75) is 12.6 Å². The molecule has 0 atom stereocenters. The Hall–Kier alpha value is -1.07. The summed E-state index contributed by atoms with van der Waals surface area (Å²) >= 11 is 0. The Bertz CT molecular complexity index is 375.